The summed E-state index contributed by atoms with van der Waals surface area (Å²) in [4.78, 5) is 38.7. The lowest BCUT2D eigenvalue weighted by atomic mass is 10.0. The van der Waals surface area contributed by atoms with Gasteiger partial charge in [0.2, 0.25) is 15.9 Å². The van der Waals surface area contributed by atoms with E-state index in [-0.39, 0.29) is 29.6 Å². The molecule has 2 aliphatic rings. The number of ether oxygens (including phenoxy) is 1. The number of hydrogen-bond acceptors (Lipinski definition) is 9. The number of anilines is 2. The van der Waals surface area contributed by atoms with Crippen LogP contribution in [0.5, 0.6) is 0 Å². The lowest BCUT2D eigenvalue weighted by Crippen LogP contribution is -2.56. The lowest BCUT2D eigenvalue weighted by Gasteiger charge is -2.39. The Morgan fingerprint density at radius 1 is 1.11 bits per heavy atom. The number of nitrogens with one attached hydrogen (secondary N) is 1. The summed E-state index contributed by atoms with van der Waals surface area (Å²) in [7, 11) is -3.49. The molecule has 2 amide bonds. The summed E-state index contributed by atoms with van der Waals surface area (Å²) in [6.45, 7) is 6.03. The Bertz CT molecular complexity index is 1420. The number of amides is 2. The zero-order chi connectivity index (χ0) is 26.3. The van der Waals surface area contributed by atoms with E-state index in [1.165, 1.54) is 34.7 Å². The maximum atomic E-state index is 12.9. The lowest BCUT2D eigenvalue weighted by molar-refractivity contribution is -0.123. The van der Waals surface area contributed by atoms with E-state index < -0.39 is 16.1 Å². The smallest absolute Gasteiger partial charge is 0.256 e. The molecule has 0 saturated carbocycles. The first kappa shape index (κ1) is 25.4. The van der Waals surface area contributed by atoms with Crippen LogP contribution in [0.15, 0.2) is 42.0 Å². The van der Waals surface area contributed by atoms with E-state index in [0.717, 1.165) is 29.1 Å². The third kappa shape index (κ3) is 5.38. The summed E-state index contributed by atoms with van der Waals surface area (Å²) in [5.41, 5.74) is 1.58. The van der Waals surface area contributed by atoms with Crippen molar-refractivity contribution in [3.8, 4) is 11.4 Å². The summed E-state index contributed by atoms with van der Waals surface area (Å²) in [6.07, 6.45) is 4.39. The van der Waals surface area contributed by atoms with Gasteiger partial charge in [-0.25, -0.2) is 18.4 Å². The monoisotopic (exact) mass is 544 g/mol. The number of rotatable bonds is 6. The van der Waals surface area contributed by atoms with Crippen LogP contribution in [0.1, 0.15) is 30.6 Å². The number of carbonyl (C=O) groups excluding carboxylic acids is 2. The largest absolute Gasteiger partial charge is 0.372 e. The molecule has 5 heterocycles. The van der Waals surface area contributed by atoms with Gasteiger partial charge < -0.3 is 19.9 Å². The van der Waals surface area contributed by atoms with Gasteiger partial charge in [-0.1, -0.05) is 6.07 Å². The maximum Gasteiger partial charge on any atom is 0.256 e. The number of thiazole rings is 1. The van der Waals surface area contributed by atoms with Crippen LogP contribution < -0.4 is 10.2 Å². The van der Waals surface area contributed by atoms with Gasteiger partial charge in [-0.2, -0.15) is 0 Å². The molecule has 2 fully saturated rings. The second-order valence-corrected chi connectivity index (χ2v) is 12.1. The Balaban J connectivity index is 1.24. The van der Waals surface area contributed by atoms with E-state index in [0.29, 0.717) is 29.5 Å². The molecule has 2 aliphatic heterocycles. The van der Waals surface area contributed by atoms with Gasteiger partial charge in [0.1, 0.15) is 17.6 Å². The first-order valence-corrected chi connectivity index (χ1v) is 14.6. The van der Waals surface area contributed by atoms with Crippen molar-refractivity contribution in [3.05, 3.63) is 47.6 Å². The first-order chi connectivity index (χ1) is 17.6. The fourth-order valence-corrected chi connectivity index (χ4v) is 5.82. The topological polar surface area (TPSA) is 127 Å². The molecular formula is C24H28N6O5S2. The summed E-state index contributed by atoms with van der Waals surface area (Å²) >= 11 is 1.29. The van der Waals surface area contributed by atoms with Crippen LogP contribution in [0, 0.1) is 0 Å². The summed E-state index contributed by atoms with van der Waals surface area (Å²) in [6, 6.07) is 6.58. The molecular weight excluding hydrogens is 516 g/mol. The molecule has 0 spiro atoms. The Labute approximate surface area is 219 Å². The highest BCUT2D eigenvalue weighted by molar-refractivity contribution is 7.89. The average Bonchev–Trinajstić information content (AvgIpc) is 3.48. The number of hydrogen-bond donors (Lipinski definition) is 1. The van der Waals surface area contributed by atoms with Gasteiger partial charge in [0.25, 0.3) is 5.91 Å². The molecule has 2 saturated heterocycles. The van der Waals surface area contributed by atoms with Crippen molar-refractivity contribution < 1.29 is 22.7 Å². The van der Waals surface area contributed by atoms with Crippen molar-refractivity contribution in [3.63, 3.8) is 0 Å². The fourth-order valence-electron chi connectivity index (χ4n) is 4.52. The van der Waals surface area contributed by atoms with E-state index in [1.54, 1.807) is 0 Å². The molecule has 11 nitrogen and oxygen atoms in total. The van der Waals surface area contributed by atoms with Crippen LogP contribution in [0.25, 0.3) is 11.4 Å². The van der Waals surface area contributed by atoms with Crippen molar-refractivity contribution in [2.75, 3.05) is 36.1 Å². The quantitative estimate of drug-likeness (QED) is 0.501. The van der Waals surface area contributed by atoms with E-state index in [2.05, 4.69) is 15.2 Å². The molecule has 1 unspecified atom stereocenters. The molecule has 0 aromatic carbocycles. The molecule has 0 radical (unpaired) electrons. The first-order valence-electron chi connectivity index (χ1n) is 11.9. The van der Waals surface area contributed by atoms with Gasteiger partial charge in [0.15, 0.2) is 5.13 Å². The molecule has 1 N–H and O–H groups in total. The number of likely N-dealkylation sites (tertiary alicyclic amines) is 1. The number of pyridine rings is 1. The fraction of sp³-hybridized carbons (Fsp3) is 0.417. The number of aromatic nitrogens is 3. The van der Waals surface area contributed by atoms with Gasteiger partial charge in [0.05, 0.1) is 29.7 Å². The minimum absolute atomic E-state index is 0.118. The van der Waals surface area contributed by atoms with E-state index in [4.69, 9.17) is 9.72 Å². The second-order valence-electron chi connectivity index (χ2n) is 9.37. The molecule has 13 heteroatoms. The highest BCUT2D eigenvalue weighted by atomic mass is 32.2. The third-order valence-electron chi connectivity index (χ3n) is 6.36. The van der Waals surface area contributed by atoms with Crippen LogP contribution in [-0.2, 0) is 19.6 Å². The van der Waals surface area contributed by atoms with Gasteiger partial charge in [-0.05, 0) is 38.5 Å². The van der Waals surface area contributed by atoms with Crippen LogP contribution >= 0.6 is 11.3 Å². The minimum atomic E-state index is -3.49. The average molecular weight is 545 g/mol. The number of morpholine rings is 1. The van der Waals surface area contributed by atoms with Crippen LogP contribution in [0.3, 0.4) is 0 Å². The Hall–Kier alpha value is -3.29. The predicted octanol–water partition coefficient (Wildman–Crippen LogP) is 2.28. The zero-order valence-corrected chi connectivity index (χ0v) is 22.3. The normalized spacial score (nSPS) is 22.0. The Kier molecular flexibility index (Phi) is 6.77. The molecule has 196 valence electrons. The minimum Gasteiger partial charge on any atom is -0.372 e. The summed E-state index contributed by atoms with van der Waals surface area (Å²) < 4.78 is 30.2. The number of nitrogens with zero attached hydrogens (tertiary/aromatic N) is 5. The summed E-state index contributed by atoms with van der Waals surface area (Å²) in [5, 5.41) is 5.07. The van der Waals surface area contributed by atoms with Crippen molar-refractivity contribution in [2.45, 2.75) is 38.5 Å². The number of carbonyl (C=O) groups is 2. The second kappa shape index (κ2) is 9.88. The van der Waals surface area contributed by atoms with Gasteiger partial charge in [0, 0.05) is 37.4 Å². The highest BCUT2D eigenvalue weighted by Gasteiger charge is 2.38. The van der Waals surface area contributed by atoms with Crippen LogP contribution in [0.4, 0.5) is 10.9 Å². The molecule has 0 bridgehead atoms. The molecule has 3 aromatic rings. The molecule has 3 atom stereocenters. The maximum absolute atomic E-state index is 12.9. The SMILES string of the molecule is C[C@@H]1CN(c2cccc(-c3csc(NC(=O)C4CCN4C(=O)c4ccn(S(C)(=O)=O)c4)n3)n2)C[C@H](C)O1. The zero-order valence-electron chi connectivity index (χ0n) is 20.7. The molecule has 3 aromatic heterocycles. The predicted molar refractivity (Wildman–Crippen MR) is 140 cm³/mol. The van der Waals surface area contributed by atoms with Crippen molar-refractivity contribution in [1.82, 2.24) is 18.8 Å². The molecule has 37 heavy (non-hydrogen) atoms. The van der Waals surface area contributed by atoms with Gasteiger partial charge >= 0.3 is 0 Å². The van der Waals surface area contributed by atoms with Crippen LogP contribution in [-0.4, -0.2) is 83.2 Å². The van der Waals surface area contributed by atoms with Crippen molar-refractivity contribution >= 4 is 44.1 Å². The Morgan fingerprint density at radius 2 is 1.86 bits per heavy atom. The summed E-state index contributed by atoms with van der Waals surface area (Å²) in [5.74, 6) is 0.133. The van der Waals surface area contributed by atoms with E-state index in [9.17, 15) is 18.0 Å². The standard InChI is InChI=1S/C24H28N6O5S2/c1-15-11-28(12-16(2)35-15)21-6-4-5-18(25-21)19-14-36-24(26-19)27-22(31)20-8-10-30(20)23(32)17-7-9-29(13-17)37(3,33)34/h4-7,9,13-16,20H,8,10-12H2,1-3H3,(H,26,27,31)/t15-,16+,20?. The Morgan fingerprint density at radius 3 is 2.51 bits per heavy atom. The van der Waals surface area contributed by atoms with Crippen molar-refractivity contribution in [1.29, 1.82) is 0 Å². The van der Waals surface area contributed by atoms with E-state index in [1.807, 2.05) is 37.4 Å². The third-order valence-corrected chi connectivity index (χ3v) is 8.11. The van der Waals surface area contributed by atoms with Crippen LogP contribution in [0.2, 0.25) is 0 Å². The van der Waals surface area contributed by atoms with Gasteiger partial charge in [-0.3, -0.25) is 13.6 Å². The highest BCUT2D eigenvalue weighted by Crippen LogP contribution is 2.28. The van der Waals surface area contributed by atoms with E-state index >= 15 is 0 Å². The van der Waals surface area contributed by atoms with Crippen molar-refractivity contribution in [2.24, 2.45) is 0 Å². The van der Waals surface area contributed by atoms with Gasteiger partial charge in [-0.15, -0.1) is 11.3 Å². The molecule has 0 aliphatic carbocycles. The molecule has 5 rings (SSSR count).